The number of nitrogens with two attached hydrogens (primary N) is 1. The van der Waals surface area contributed by atoms with Crippen LogP contribution in [-0.2, 0) is 4.74 Å². The van der Waals surface area contributed by atoms with Gasteiger partial charge in [0.2, 0.25) is 0 Å². The van der Waals surface area contributed by atoms with Crippen LogP contribution in [0, 0.1) is 19.3 Å². The van der Waals surface area contributed by atoms with Crippen molar-refractivity contribution in [3.05, 3.63) is 34.9 Å². The van der Waals surface area contributed by atoms with Crippen LogP contribution in [0.15, 0.2) is 18.2 Å². The Bertz CT molecular complexity index is 411. The Morgan fingerprint density at radius 1 is 1.28 bits per heavy atom. The molecule has 0 aliphatic carbocycles. The van der Waals surface area contributed by atoms with Crippen LogP contribution in [0.5, 0.6) is 0 Å². The molecule has 1 unspecified atom stereocenters. The van der Waals surface area contributed by atoms with Gasteiger partial charge in [0.25, 0.3) is 0 Å². The standard InChI is InChI=1S/C15H23NO2/c1-11-3-4-13(9-12(11)2)14(17)15(10-16)5-7-18-8-6-15/h3-4,9,14,17H,5-8,10,16H2,1-2H3. The molecule has 0 aromatic heterocycles. The maximum absolute atomic E-state index is 10.7. The van der Waals surface area contributed by atoms with Crippen LogP contribution in [0.25, 0.3) is 0 Å². The van der Waals surface area contributed by atoms with E-state index in [1.807, 2.05) is 6.07 Å². The quantitative estimate of drug-likeness (QED) is 0.862. The summed E-state index contributed by atoms with van der Waals surface area (Å²) in [5, 5.41) is 10.7. The lowest BCUT2D eigenvalue weighted by molar-refractivity contribution is -0.0581. The van der Waals surface area contributed by atoms with Gasteiger partial charge in [-0.2, -0.15) is 0 Å². The molecule has 0 saturated carbocycles. The molecule has 1 aliphatic rings. The summed E-state index contributed by atoms with van der Waals surface area (Å²) in [6.07, 6.45) is 1.17. The summed E-state index contributed by atoms with van der Waals surface area (Å²) in [6, 6.07) is 6.16. The van der Waals surface area contributed by atoms with E-state index in [2.05, 4.69) is 26.0 Å². The molecule has 18 heavy (non-hydrogen) atoms. The second-order valence-electron chi connectivity index (χ2n) is 5.43. The van der Waals surface area contributed by atoms with Crippen molar-refractivity contribution >= 4 is 0 Å². The first-order valence-electron chi connectivity index (χ1n) is 6.62. The lowest BCUT2D eigenvalue weighted by Crippen LogP contribution is -2.41. The van der Waals surface area contributed by atoms with Crippen LogP contribution < -0.4 is 5.73 Å². The molecule has 1 saturated heterocycles. The van der Waals surface area contributed by atoms with Crippen LogP contribution in [0.4, 0.5) is 0 Å². The summed E-state index contributed by atoms with van der Waals surface area (Å²) in [6.45, 7) is 6.05. The van der Waals surface area contributed by atoms with Crippen molar-refractivity contribution in [3.63, 3.8) is 0 Å². The fourth-order valence-electron chi connectivity index (χ4n) is 2.66. The zero-order chi connectivity index (χ0) is 13.2. The summed E-state index contributed by atoms with van der Waals surface area (Å²) < 4.78 is 5.39. The molecule has 1 fully saturated rings. The van der Waals surface area contributed by atoms with Crippen molar-refractivity contribution in [2.24, 2.45) is 11.1 Å². The van der Waals surface area contributed by atoms with E-state index in [0.29, 0.717) is 19.8 Å². The molecule has 2 rings (SSSR count). The molecule has 0 radical (unpaired) electrons. The van der Waals surface area contributed by atoms with Crippen molar-refractivity contribution in [2.75, 3.05) is 19.8 Å². The van der Waals surface area contributed by atoms with Gasteiger partial charge in [-0.15, -0.1) is 0 Å². The predicted octanol–water partition coefficient (Wildman–Crippen LogP) is 2.09. The van der Waals surface area contributed by atoms with Crippen molar-refractivity contribution in [3.8, 4) is 0 Å². The third kappa shape index (κ3) is 2.44. The average molecular weight is 249 g/mol. The number of hydrogen-bond acceptors (Lipinski definition) is 3. The fraction of sp³-hybridized carbons (Fsp3) is 0.600. The minimum Gasteiger partial charge on any atom is -0.388 e. The first kappa shape index (κ1) is 13.5. The third-order valence-electron chi connectivity index (χ3n) is 4.32. The lowest BCUT2D eigenvalue weighted by Gasteiger charge is -2.40. The van der Waals surface area contributed by atoms with Crippen LogP contribution >= 0.6 is 0 Å². The molecule has 1 aliphatic heterocycles. The molecule has 0 spiro atoms. The minimum atomic E-state index is -0.495. The Morgan fingerprint density at radius 3 is 2.50 bits per heavy atom. The van der Waals surface area contributed by atoms with Gasteiger partial charge < -0.3 is 15.6 Å². The summed E-state index contributed by atoms with van der Waals surface area (Å²) in [4.78, 5) is 0. The highest BCUT2D eigenvalue weighted by Gasteiger charge is 2.39. The molecule has 1 heterocycles. The average Bonchev–Trinajstić information content (AvgIpc) is 2.42. The molecule has 1 atom stereocenters. The second-order valence-corrected chi connectivity index (χ2v) is 5.43. The summed E-state index contributed by atoms with van der Waals surface area (Å²) in [7, 11) is 0. The molecule has 3 heteroatoms. The Labute approximate surface area is 109 Å². The molecule has 0 bridgehead atoms. The van der Waals surface area contributed by atoms with E-state index in [4.69, 9.17) is 10.5 Å². The highest BCUT2D eigenvalue weighted by Crippen LogP contribution is 2.41. The van der Waals surface area contributed by atoms with Gasteiger partial charge in [-0.3, -0.25) is 0 Å². The van der Waals surface area contributed by atoms with Gasteiger partial charge >= 0.3 is 0 Å². The van der Waals surface area contributed by atoms with Crippen LogP contribution in [0.2, 0.25) is 0 Å². The van der Waals surface area contributed by atoms with Gasteiger partial charge in [-0.1, -0.05) is 18.2 Å². The van der Waals surface area contributed by atoms with Gasteiger partial charge in [0.05, 0.1) is 6.10 Å². The number of hydrogen-bond donors (Lipinski definition) is 2. The van der Waals surface area contributed by atoms with E-state index in [1.54, 1.807) is 0 Å². The highest BCUT2D eigenvalue weighted by molar-refractivity contribution is 5.32. The smallest absolute Gasteiger partial charge is 0.0860 e. The maximum Gasteiger partial charge on any atom is 0.0860 e. The van der Waals surface area contributed by atoms with Crippen molar-refractivity contribution < 1.29 is 9.84 Å². The third-order valence-corrected chi connectivity index (χ3v) is 4.32. The number of ether oxygens (including phenoxy) is 1. The highest BCUT2D eigenvalue weighted by atomic mass is 16.5. The Morgan fingerprint density at radius 2 is 1.94 bits per heavy atom. The zero-order valence-corrected chi connectivity index (χ0v) is 11.3. The second kappa shape index (κ2) is 5.39. The first-order chi connectivity index (χ1) is 8.59. The number of aliphatic hydroxyl groups is 1. The van der Waals surface area contributed by atoms with Crippen LogP contribution in [-0.4, -0.2) is 24.9 Å². The molecule has 3 N–H and O–H groups in total. The molecule has 3 nitrogen and oxygen atoms in total. The molecule has 100 valence electrons. The number of aryl methyl sites for hydroxylation is 2. The van der Waals surface area contributed by atoms with Crippen molar-refractivity contribution in [2.45, 2.75) is 32.8 Å². The zero-order valence-electron chi connectivity index (χ0n) is 11.3. The van der Waals surface area contributed by atoms with E-state index in [1.165, 1.54) is 11.1 Å². The molecule has 1 aromatic carbocycles. The van der Waals surface area contributed by atoms with Gasteiger partial charge in [0.15, 0.2) is 0 Å². The Balaban J connectivity index is 2.27. The monoisotopic (exact) mass is 249 g/mol. The van der Waals surface area contributed by atoms with Crippen molar-refractivity contribution in [1.29, 1.82) is 0 Å². The normalized spacial score (nSPS) is 20.7. The number of benzene rings is 1. The number of rotatable bonds is 3. The predicted molar refractivity (Wildman–Crippen MR) is 72.4 cm³/mol. The molecule has 1 aromatic rings. The van der Waals surface area contributed by atoms with Crippen molar-refractivity contribution in [1.82, 2.24) is 0 Å². The fourth-order valence-corrected chi connectivity index (χ4v) is 2.66. The minimum absolute atomic E-state index is 0.222. The molecular formula is C15H23NO2. The van der Waals surface area contributed by atoms with Gasteiger partial charge in [0, 0.05) is 25.2 Å². The van der Waals surface area contributed by atoms with Gasteiger partial charge in [-0.05, 0) is 43.4 Å². The largest absolute Gasteiger partial charge is 0.388 e. The van der Waals surface area contributed by atoms with E-state index in [0.717, 1.165) is 18.4 Å². The summed E-state index contributed by atoms with van der Waals surface area (Å²) in [5.41, 5.74) is 9.15. The van der Waals surface area contributed by atoms with E-state index in [9.17, 15) is 5.11 Å². The van der Waals surface area contributed by atoms with E-state index < -0.39 is 6.10 Å². The molecular weight excluding hydrogens is 226 g/mol. The Kier molecular flexibility index (Phi) is 4.05. The van der Waals surface area contributed by atoms with Gasteiger partial charge in [-0.25, -0.2) is 0 Å². The maximum atomic E-state index is 10.7. The van der Waals surface area contributed by atoms with Crippen LogP contribution in [0.1, 0.15) is 35.6 Å². The van der Waals surface area contributed by atoms with E-state index in [-0.39, 0.29) is 5.41 Å². The molecule has 0 amide bonds. The summed E-state index contributed by atoms with van der Waals surface area (Å²) in [5.74, 6) is 0. The van der Waals surface area contributed by atoms with Gasteiger partial charge in [0.1, 0.15) is 0 Å². The topological polar surface area (TPSA) is 55.5 Å². The lowest BCUT2D eigenvalue weighted by atomic mass is 9.73. The van der Waals surface area contributed by atoms with Crippen LogP contribution in [0.3, 0.4) is 0 Å². The first-order valence-corrected chi connectivity index (χ1v) is 6.62. The Hall–Kier alpha value is -0.900. The summed E-state index contributed by atoms with van der Waals surface area (Å²) >= 11 is 0. The van der Waals surface area contributed by atoms with E-state index >= 15 is 0 Å². The number of aliphatic hydroxyl groups excluding tert-OH is 1. The SMILES string of the molecule is Cc1ccc(C(O)C2(CN)CCOCC2)cc1C.